The van der Waals surface area contributed by atoms with Gasteiger partial charge in [0.1, 0.15) is 0 Å². The Morgan fingerprint density at radius 2 is 1.44 bits per heavy atom. The summed E-state index contributed by atoms with van der Waals surface area (Å²) in [5, 5.41) is 19.6. The monoisotopic (exact) mass is 606 g/mol. The highest BCUT2D eigenvalue weighted by Gasteiger charge is 2.28. The second-order valence-corrected chi connectivity index (χ2v) is 14.0. The van der Waals surface area contributed by atoms with Crippen LogP contribution in [0.25, 0.3) is 0 Å². The van der Waals surface area contributed by atoms with Crippen molar-refractivity contribution < 1.29 is 23.1 Å². The quantitative estimate of drug-likeness (QED) is 0.221. The number of sulfonamides is 1. The Hall–Kier alpha value is -3.73. The minimum Gasteiger partial charge on any atom is -0.390 e. The average Bonchev–Trinajstić information content (AvgIpc) is 3.84. The van der Waals surface area contributed by atoms with Crippen molar-refractivity contribution in [1.29, 1.82) is 0 Å². The highest BCUT2D eigenvalue weighted by Crippen LogP contribution is 2.24. The molecule has 0 unspecified atom stereocenters. The van der Waals surface area contributed by atoms with Crippen LogP contribution in [0.1, 0.15) is 71.5 Å². The van der Waals surface area contributed by atoms with Crippen LogP contribution in [0.4, 0.5) is 5.69 Å². The third-order valence-corrected chi connectivity index (χ3v) is 9.87. The number of hydrogen-bond donors (Lipinski definition) is 4. The Kier molecular flexibility index (Phi) is 10.6. The molecule has 0 saturated heterocycles. The van der Waals surface area contributed by atoms with Gasteiger partial charge >= 0.3 is 0 Å². The van der Waals surface area contributed by atoms with Crippen molar-refractivity contribution in [2.45, 2.75) is 69.5 Å². The zero-order chi connectivity index (χ0) is 31.1. The molecule has 0 radical (unpaired) electrons. The molecule has 3 aromatic rings. The number of carbonyl (C=O) groups excluding carboxylic acids is 2. The minimum absolute atomic E-state index is 0.112. The van der Waals surface area contributed by atoms with Crippen LogP contribution in [0.5, 0.6) is 0 Å². The van der Waals surface area contributed by atoms with Crippen LogP contribution in [-0.4, -0.2) is 62.4 Å². The normalized spacial score (nSPS) is 15.4. The fraction of sp³-hybridized carbons (Fsp3) is 0.394. The number of hydrogen-bond acceptors (Lipinski definition) is 6. The standard InChI is InChI=1S/C33H42N4O5S/c1-22(2)43(41,42)37(4)29-19-26(32(39)35-23(3)25-13-9-6-10-14-25)18-27(20-29)33(40)36-30(17-24-11-7-5-8-12-24)31(38)21-34-28-15-16-28/h5-14,18-20,22-23,28,30-31,34,38H,15-17,21H2,1-4H3,(H,35,39)(H,36,40)/t23-,30+,31-/m1/s1. The molecule has 0 spiro atoms. The highest BCUT2D eigenvalue weighted by molar-refractivity contribution is 7.93. The maximum absolute atomic E-state index is 13.7. The van der Waals surface area contributed by atoms with Gasteiger partial charge in [0, 0.05) is 30.8 Å². The minimum atomic E-state index is -3.75. The fourth-order valence-corrected chi connectivity index (χ4v) is 5.78. The molecular weight excluding hydrogens is 564 g/mol. The van der Waals surface area contributed by atoms with Crippen LogP contribution in [-0.2, 0) is 16.4 Å². The first-order chi connectivity index (χ1) is 20.5. The largest absolute Gasteiger partial charge is 0.390 e. The molecule has 1 fully saturated rings. The maximum atomic E-state index is 13.7. The van der Waals surface area contributed by atoms with E-state index in [4.69, 9.17) is 0 Å². The Balaban J connectivity index is 1.64. The second kappa shape index (κ2) is 14.2. The van der Waals surface area contributed by atoms with E-state index in [0.717, 1.165) is 28.3 Å². The molecule has 2 amide bonds. The molecule has 0 aliphatic heterocycles. The molecule has 9 nitrogen and oxygen atoms in total. The van der Waals surface area contributed by atoms with Gasteiger partial charge in [0.05, 0.1) is 29.1 Å². The van der Waals surface area contributed by atoms with E-state index in [1.807, 2.05) is 67.6 Å². The summed E-state index contributed by atoms with van der Waals surface area (Å²) in [6, 6.07) is 22.9. The van der Waals surface area contributed by atoms with Crippen molar-refractivity contribution >= 4 is 27.5 Å². The van der Waals surface area contributed by atoms with Crippen molar-refractivity contribution in [3.05, 3.63) is 101 Å². The molecule has 230 valence electrons. The van der Waals surface area contributed by atoms with Crippen molar-refractivity contribution in [1.82, 2.24) is 16.0 Å². The van der Waals surface area contributed by atoms with Gasteiger partial charge < -0.3 is 21.1 Å². The summed E-state index contributed by atoms with van der Waals surface area (Å²) >= 11 is 0. The zero-order valence-electron chi connectivity index (χ0n) is 25.2. The number of anilines is 1. The lowest BCUT2D eigenvalue weighted by molar-refractivity contribution is 0.0830. The van der Waals surface area contributed by atoms with Gasteiger partial charge in [-0.1, -0.05) is 60.7 Å². The first kappa shape index (κ1) is 32.2. The predicted octanol–water partition coefficient (Wildman–Crippen LogP) is 3.81. The molecule has 1 aliphatic rings. The van der Waals surface area contributed by atoms with Gasteiger partial charge in [-0.05, 0) is 69.4 Å². The van der Waals surface area contributed by atoms with Crippen LogP contribution < -0.4 is 20.3 Å². The number of carbonyl (C=O) groups is 2. The lowest BCUT2D eigenvalue weighted by Gasteiger charge is -2.26. The van der Waals surface area contributed by atoms with Gasteiger partial charge in [-0.25, -0.2) is 8.42 Å². The van der Waals surface area contributed by atoms with E-state index in [-0.39, 0.29) is 22.9 Å². The second-order valence-electron chi connectivity index (χ2n) is 11.5. The topological polar surface area (TPSA) is 128 Å². The van der Waals surface area contributed by atoms with Gasteiger partial charge in [0.2, 0.25) is 10.0 Å². The average molecular weight is 607 g/mol. The molecule has 0 aromatic heterocycles. The molecular formula is C33H42N4O5S. The van der Waals surface area contributed by atoms with Crippen molar-refractivity contribution in [2.75, 3.05) is 17.9 Å². The smallest absolute Gasteiger partial charge is 0.251 e. The molecule has 4 rings (SSSR count). The highest BCUT2D eigenvalue weighted by atomic mass is 32.2. The van der Waals surface area contributed by atoms with Gasteiger partial charge in [-0.2, -0.15) is 0 Å². The molecule has 0 bridgehead atoms. The van der Waals surface area contributed by atoms with Gasteiger partial charge in [0.15, 0.2) is 0 Å². The Labute approximate surface area is 254 Å². The molecule has 4 N–H and O–H groups in total. The van der Waals surface area contributed by atoms with E-state index < -0.39 is 39.2 Å². The molecule has 3 atom stereocenters. The number of aliphatic hydroxyl groups is 1. The summed E-state index contributed by atoms with van der Waals surface area (Å²) in [5.41, 5.74) is 2.30. The third kappa shape index (κ3) is 8.65. The van der Waals surface area contributed by atoms with Crippen molar-refractivity contribution in [3.8, 4) is 0 Å². The number of benzene rings is 3. The molecule has 0 heterocycles. The van der Waals surface area contributed by atoms with Gasteiger partial charge in [-0.3, -0.25) is 13.9 Å². The number of rotatable bonds is 14. The van der Waals surface area contributed by atoms with Crippen molar-refractivity contribution in [2.24, 2.45) is 0 Å². The van der Waals surface area contributed by atoms with E-state index in [2.05, 4.69) is 16.0 Å². The van der Waals surface area contributed by atoms with E-state index in [1.165, 1.54) is 25.2 Å². The molecule has 3 aromatic carbocycles. The summed E-state index contributed by atoms with van der Waals surface area (Å²) in [7, 11) is -2.34. The Morgan fingerprint density at radius 1 is 0.884 bits per heavy atom. The lowest BCUT2D eigenvalue weighted by Crippen LogP contribution is -2.49. The van der Waals surface area contributed by atoms with Crippen LogP contribution in [0, 0.1) is 0 Å². The molecule has 1 aliphatic carbocycles. The summed E-state index contributed by atoms with van der Waals surface area (Å²) in [6.07, 6.45) is 1.65. The van der Waals surface area contributed by atoms with Gasteiger partial charge in [-0.15, -0.1) is 0 Å². The molecule has 43 heavy (non-hydrogen) atoms. The first-order valence-electron chi connectivity index (χ1n) is 14.7. The number of amides is 2. The first-order valence-corrected chi connectivity index (χ1v) is 16.2. The van der Waals surface area contributed by atoms with Gasteiger partial charge in [0.25, 0.3) is 11.8 Å². The predicted molar refractivity (Wildman–Crippen MR) is 170 cm³/mol. The SMILES string of the molecule is CC(C)S(=O)(=O)N(C)c1cc(C(=O)N[C@@H](Cc2ccccc2)[C@H](O)CNC2CC2)cc(C(=O)N[C@H](C)c2ccccc2)c1. The van der Waals surface area contributed by atoms with E-state index in [1.54, 1.807) is 13.8 Å². The third-order valence-electron chi connectivity index (χ3n) is 7.70. The van der Waals surface area contributed by atoms with E-state index in [9.17, 15) is 23.1 Å². The van der Waals surface area contributed by atoms with E-state index in [0.29, 0.717) is 19.0 Å². The summed E-state index contributed by atoms with van der Waals surface area (Å²) in [5.74, 6) is -0.967. The molecule has 1 saturated carbocycles. The van der Waals surface area contributed by atoms with E-state index >= 15 is 0 Å². The Morgan fingerprint density at radius 3 is 2.00 bits per heavy atom. The summed E-state index contributed by atoms with van der Waals surface area (Å²) in [4.78, 5) is 27.2. The number of aliphatic hydroxyl groups excluding tert-OH is 1. The summed E-state index contributed by atoms with van der Waals surface area (Å²) in [6.45, 7) is 5.32. The summed E-state index contributed by atoms with van der Waals surface area (Å²) < 4.78 is 27.2. The van der Waals surface area contributed by atoms with Crippen LogP contribution in [0.15, 0.2) is 78.9 Å². The van der Waals surface area contributed by atoms with Crippen molar-refractivity contribution in [3.63, 3.8) is 0 Å². The van der Waals surface area contributed by atoms with Crippen LogP contribution in [0.3, 0.4) is 0 Å². The Bertz CT molecular complexity index is 1490. The number of nitrogens with one attached hydrogen (secondary N) is 3. The number of nitrogens with zero attached hydrogens (tertiary/aromatic N) is 1. The lowest BCUT2D eigenvalue weighted by atomic mass is 10.00. The van der Waals surface area contributed by atoms with Crippen LogP contribution >= 0.6 is 0 Å². The molecule has 10 heteroatoms. The van der Waals surface area contributed by atoms with Crippen LogP contribution in [0.2, 0.25) is 0 Å². The maximum Gasteiger partial charge on any atom is 0.251 e. The fourth-order valence-electron chi connectivity index (χ4n) is 4.74. The zero-order valence-corrected chi connectivity index (χ0v) is 26.0.